The summed E-state index contributed by atoms with van der Waals surface area (Å²) < 4.78 is 37.6. The molecule has 1 aliphatic heterocycles. The number of para-hydroxylation sites is 1. The van der Waals surface area contributed by atoms with Crippen LogP contribution in [0.15, 0.2) is 24.3 Å². The Morgan fingerprint density at radius 1 is 1.24 bits per heavy atom. The van der Waals surface area contributed by atoms with Gasteiger partial charge in [-0.15, -0.1) is 0 Å². The number of nitrogens with zero attached hydrogens (tertiary/aromatic N) is 1. The molecule has 29 heavy (non-hydrogen) atoms. The van der Waals surface area contributed by atoms with Crippen molar-refractivity contribution in [1.82, 2.24) is 10.2 Å². The second-order valence-electron chi connectivity index (χ2n) is 7.20. The maximum Gasteiger partial charge on any atom is 0.490 e. The maximum absolute atomic E-state index is 13.0. The van der Waals surface area contributed by atoms with Crippen molar-refractivity contribution in [2.75, 3.05) is 26.2 Å². The summed E-state index contributed by atoms with van der Waals surface area (Å²) in [5.74, 6) is -1.21. The highest BCUT2D eigenvalue weighted by molar-refractivity contribution is 5.97. The smallest absolute Gasteiger partial charge is 0.490 e. The number of carboxylic acid groups (broad SMARTS) is 1. The van der Waals surface area contributed by atoms with Crippen molar-refractivity contribution >= 4 is 11.9 Å². The molecule has 9 heteroatoms. The zero-order valence-corrected chi connectivity index (χ0v) is 16.4. The van der Waals surface area contributed by atoms with Crippen LogP contribution in [0.3, 0.4) is 0 Å². The average Bonchev–Trinajstić information content (AvgIpc) is 3.35. The van der Waals surface area contributed by atoms with Gasteiger partial charge < -0.3 is 20.1 Å². The van der Waals surface area contributed by atoms with E-state index in [1.54, 1.807) is 0 Å². The Kier molecular flexibility index (Phi) is 8.31. The minimum Gasteiger partial charge on any atom is -0.492 e. The average molecular weight is 416 g/mol. The predicted octanol–water partition coefficient (Wildman–Crippen LogP) is 3.32. The lowest BCUT2D eigenvalue weighted by Gasteiger charge is -2.29. The molecular formula is C20H27F3N2O4. The quantitative estimate of drug-likeness (QED) is 0.713. The van der Waals surface area contributed by atoms with Gasteiger partial charge in [-0.1, -0.05) is 19.1 Å². The minimum atomic E-state index is -5.08. The molecule has 1 heterocycles. The van der Waals surface area contributed by atoms with Crippen LogP contribution in [0.5, 0.6) is 5.75 Å². The summed E-state index contributed by atoms with van der Waals surface area (Å²) in [6.45, 7) is 5.57. The van der Waals surface area contributed by atoms with Crippen molar-refractivity contribution < 1.29 is 32.6 Å². The van der Waals surface area contributed by atoms with Gasteiger partial charge in [-0.3, -0.25) is 4.79 Å². The number of carbonyl (C=O) groups is 2. The van der Waals surface area contributed by atoms with Gasteiger partial charge in [0.05, 0.1) is 12.2 Å². The fourth-order valence-electron chi connectivity index (χ4n) is 3.01. The lowest BCUT2D eigenvalue weighted by atomic mass is 10.1. The van der Waals surface area contributed by atoms with Crippen molar-refractivity contribution in [2.24, 2.45) is 5.92 Å². The first kappa shape index (κ1) is 23.0. The van der Waals surface area contributed by atoms with Crippen LogP contribution in [0.25, 0.3) is 0 Å². The number of aliphatic carboxylic acids is 1. The third-order valence-electron chi connectivity index (χ3n) is 4.73. The van der Waals surface area contributed by atoms with Crippen LogP contribution in [0.2, 0.25) is 0 Å². The number of carboxylic acids is 1. The number of hydrogen-bond acceptors (Lipinski definition) is 4. The van der Waals surface area contributed by atoms with Crippen molar-refractivity contribution in [3.05, 3.63) is 29.8 Å². The number of alkyl halides is 3. The molecule has 1 unspecified atom stereocenters. The summed E-state index contributed by atoms with van der Waals surface area (Å²) in [6, 6.07) is 8.00. The second-order valence-corrected chi connectivity index (χ2v) is 7.20. The highest BCUT2D eigenvalue weighted by Crippen LogP contribution is 2.31. The second kappa shape index (κ2) is 10.5. The molecule has 1 atom stereocenters. The molecule has 1 aromatic carbocycles. The van der Waals surface area contributed by atoms with Crippen LogP contribution in [0, 0.1) is 5.92 Å². The van der Waals surface area contributed by atoms with Crippen LogP contribution in [0.1, 0.15) is 43.0 Å². The lowest BCUT2D eigenvalue weighted by Crippen LogP contribution is -2.42. The highest BCUT2D eigenvalue weighted by Gasteiger charge is 2.38. The summed E-state index contributed by atoms with van der Waals surface area (Å²) in [5, 5.41) is 10.5. The first-order chi connectivity index (χ1) is 13.7. The largest absolute Gasteiger partial charge is 0.492 e. The van der Waals surface area contributed by atoms with Gasteiger partial charge in [0, 0.05) is 19.1 Å². The molecule has 3 rings (SSSR count). The number of halogens is 3. The van der Waals surface area contributed by atoms with E-state index in [0.29, 0.717) is 17.5 Å². The van der Waals surface area contributed by atoms with E-state index >= 15 is 0 Å². The van der Waals surface area contributed by atoms with Crippen LogP contribution < -0.4 is 10.1 Å². The Bertz CT molecular complexity index is 687. The minimum absolute atomic E-state index is 0.113. The molecule has 0 aromatic heterocycles. The van der Waals surface area contributed by atoms with E-state index in [1.165, 1.54) is 12.8 Å². The Morgan fingerprint density at radius 3 is 2.41 bits per heavy atom. The Labute approximate surface area is 168 Å². The SMILES string of the molecule is CCCN(C(=O)c1ccccc1OCC1CC1)C1CCNC1.O=C(O)C(F)(F)F. The Morgan fingerprint density at radius 2 is 1.90 bits per heavy atom. The van der Waals surface area contributed by atoms with Gasteiger partial charge in [0.15, 0.2) is 0 Å². The molecule has 0 spiro atoms. The van der Waals surface area contributed by atoms with Crippen molar-refractivity contribution in [2.45, 2.75) is 44.8 Å². The number of nitrogens with one attached hydrogen (secondary N) is 1. The van der Waals surface area contributed by atoms with Crippen molar-refractivity contribution in [1.29, 1.82) is 0 Å². The maximum atomic E-state index is 13.0. The van der Waals surface area contributed by atoms with E-state index in [4.69, 9.17) is 14.6 Å². The number of rotatable bonds is 7. The molecule has 2 fully saturated rings. The summed E-state index contributed by atoms with van der Waals surface area (Å²) in [6.07, 6.45) is -0.554. The van der Waals surface area contributed by atoms with Crippen LogP contribution in [-0.4, -0.2) is 60.3 Å². The van der Waals surface area contributed by atoms with E-state index in [9.17, 15) is 18.0 Å². The number of carbonyl (C=O) groups excluding carboxylic acids is 1. The van der Waals surface area contributed by atoms with Gasteiger partial charge in [-0.25, -0.2) is 4.79 Å². The first-order valence-electron chi connectivity index (χ1n) is 9.77. The third kappa shape index (κ3) is 7.23. The lowest BCUT2D eigenvalue weighted by molar-refractivity contribution is -0.192. The summed E-state index contributed by atoms with van der Waals surface area (Å²) in [5.41, 5.74) is 0.712. The van der Waals surface area contributed by atoms with Crippen LogP contribution >= 0.6 is 0 Å². The van der Waals surface area contributed by atoms with Crippen LogP contribution in [0.4, 0.5) is 13.2 Å². The normalized spacial score (nSPS) is 18.6. The van der Waals surface area contributed by atoms with E-state index in [0.717, 1.165) is 44.8 Å². The van der Waals surface area contributed by atoms with Gasteiger partial charge in [0.25, 0.3) is 5.91 Å². The zero-order valence-electron chi connectivity index (χ0n) is 16.4. The number of ether oxygens (including phenoxy) is 1. The fraction of sp³-hybridized carbons (Fsp3) is 0.600. The summed E-state index contributed by atoms with van der Waals surface area (Å²) >= 11 is 0. The molecule has 0 radical (unpaired) electrons. The van der Waals surface area contributed by atoms with Gasteiger partial charge in [-0.05, 0) is 50.3 Å². The Hall–Kier alpha value is -2.29. The van der Waals surface area contributed by atoms with E-state index in [1.807, 2.05) is 29.2 Å². The predicted molar refractivity (Wildman–Crippen MR) is 101 cm³/mol. The molecule has 2 aliphatic rings. The molecule has 1 aromatic rings. The molecular weight excluding hydrogens is 389 g/mol. The standard InChI is InChI=1S/C18H26N2O2.C2HF3O2/c1-2-11-20(15-9-10-19-12-15)18(21)16-5-3-4-6-17(16)22-13-14-7-8-14;3-2(4,5)1(6)7/h3-6,14-15,19H,2,7-13H2,1H3;(H,6,7). The van der Waals surface area contributed by atoms with Crippen LogP contribution in [-0.2, 0) is 4.79 Å². The molecule has 162 valence electrons. The topological polar surface area (TPSA) is 78.9 Å². The van der Waals surface area contributed by atoms with E-state index in [-0.39, 0.29) is 5.91 Å². The number of benzene rings is 1. The van der Waals surface area contributed by atoms with E-state index < -0.39 is 12.1 Å². The molecule has 1 saturated heterocycles. The van der Waals surface area contributed by atoms with Crippen molar-refractivity contribution in [3.8, 4) is 5.75 Å². The molecule has 1 saturated carbocycles. The number of amides is 1. The highest BCUT2D eigenvalue weighted by atomic mass is 19.4. The number of hydrogen-bond donors (Lipinski definition) is 2. The summed E-state index contributed by atoms with van der Waals surface area (Å²) in [4.78, 5) is 23.9. The molecule has 1 aliphatic carbocycles. The monoisotopic (exact) mass is 416 g/mol. The van der Waals surface area contributed by atoms with Gasteiger partial charge in [0.2, 0.25) is 0 Å². The molecule has 6 nitrogen and oxygen atoms in total. The first-order valence-corrected chi connectivity index (χ1v) is 9.77. The van der Waals surface area contributed by atoms with E-state index in [2.05, 4.69) is 12.2 Å². The van der Waals surface area contributed by atoms with Crippen molar-refractivity contribution in [3.63, 3.8) is 0 Å². The summed E-state index contributed by atoms with van der Waals surface area (Å²) in [7, 11) is 0. The van der Waals surface area contributed by atoms with Gasteiger partial charge >= 0.3 is 12.1 Å². The zero-order chi connectivity index (χ0) is 21.4. The Balaban J connectivity index is 0.000000370. The molecule has 2 N–H and O–H groups in total. The fourth-order valence-corrected chi connectivity index (χ4v) is 3.01. The third-order valence-corrected chi connectivity index (χ3v) is 4.73. The van der Waals surface area contributed by atoms with Gasteiger partial charge in [-0.2, -0.15) is 13.2 Å². The van der Waals surface area contributed by atoms with Gasteiger partial charge in [0.1, 0.15) is 5.75 Å². The molecule has 0 bridgehead atoms. The molecule has 1 amide bonds.